The highest BCUT2D eigenvalue weighted by Gasteiger charge is 2.30. The van der Waals surface area contributed by atoms with Crippen molar-refractivity contribution in [3.05, 3.63) is 60.6 Å². The van der Waals surface area contributed by atoms with Gasteiger partial charge in [0.1, 0.15) is 11.6 Å². The Labute approximate surface area is 171 Å². The molecule has 0 bridgehead atoms. The molecule has 0 spiro atoms. The maximum Gasteiger partial charge on any atom is 0.154 e. The smallest absolute Gasteiger partial charge is 0.154 e. The van der Waals surface area contributed by atoms with Crippen LogP contribution in [0.3, 0.4) is 0 Å². The third-order valence-corrected chi connectivity index (χ3v) is 6.80. The van der Waals surface area contributed by atoms with Crippen LogP contribution in [0, 0.1) is 24.6 Å². The molecular weight excluding hydrogens is 393 g/mol. The van der Waals surface area contributed by atoms with Crippen LogP contribution in [0.1, 0.15) is 12.0 Å². The molecule has 0 unspecified atom stereocenters. The van der Waals surface area contributed by atoms with E-state index < -0.39 is 9.84 Å². The summed E-state index contributed by atoms with van der Waals surface area (Å²) < 4.78 is 49.0. The molecule has 3 rings (SSSR count). The molecule has 2 heterocycles. The summed E-state index contributed by atoms with van der Waals surface area (Å²) in [5.74, 6) is 0.468. The van der Waals surface area contributed by atoms with Crippen molar-refractivity contribution in [1.29, 1.82) is 0 Å². The van der Waals surface area contributed by atoms with Crippen molar-refractivity contribution in [1.82, 2.24) is 4.98 Å². The molecule has 1 aromatic heterocycles. The molecule has 0 aliphatic carbocycles. The van der Waals surface area contributed by atoms with Gasteiger partial charge in [-0.3, -0.25) is 4.98 Å². The highest BCUT2D eigenvalue weighted by molar-refractivity contribution is 7.91. The molecule has 1 aliphatic rings. The largest absolute Gasteiger partial charge is 0.493 e. The van der Waals surface area contributed by atoms with Crippen molar-refractivity contribution >= 4 is 9.84 Å². The van der Waals surface area contributed by atoms with Gasteiger partial charge in [-0.1, -0.05) is 6.08 Å². The van der Waals surface area contributed by atoms with Crippen LogP contribution in [0.25, 0.3) is 11.3 Å². The summed E-state index contributed by atoms with van der Waals surface area (Å²) in [6.45, 7) is 6.94. The number of ether oxygens (including phenoxy) is 2. The van der Waals surface area contributed by atoms with E-state index >= 15 is 0 Å². The van der Waals surface area contributed by atoms with E-state index in [0.29, 0.717) is 25.5 Å². The van der Waals surface area contributed by atoms with Crippen LogP contribution in [-0.4, -0.2) is 44.7 Å². The van der Waals surface area contributed by atoms with Gasteiger partial charge in [0, 0.05) is 24.0 Å². The number of aryl methyl sites for hydroxylation is 1. The predicted molar refractivity (Wildman–Crippen MR) is 111 cm³/mol. The molecule has 0 radical (unpaired) electrons. The van der Waals surface area contributed by atoms with Crippen molar-refractivity contribution in [2.75, 3.05) is 31.3 Å². The van der Waals surface area contributed by atoms with E-state index in [1.165, 1.54) is 18.3 Å². The monoisotopic (exact) mass is 419 g/mol. The molecule has 156 valence electrons. The minimum atomic E-state index is -3.18. The van der Waals surface area contributed by atoms with E-state index in [1.54, 1.807) is 6.07 Å². The number of rotatable bonds is 8. The lowest BCUT2D eigenvalue weighted by Gasteiger charge is -2.31. The van der Waals surface area contributed by atoms with E-state index in [0.717, 1.165) is 23.3 Å². The molecule has 2 atom stereocenters. The molecule has 0 N–H and O–H groups in total. The number of pyridine rings is 1. The van der Waals surface area contributed by atoms with Crippen molar-refractivity contribution in [3.63, 3.8) is 0 Å². The predicted octanol–water partition coefficient (Wildman–Crippen LogP) is 3.83. The molecule has 2 aromatic rings. The quantitative estimate of drug-likeness (QED) is 0.609. The highest BCUT2D eigenvalue weighted by Crippen LogP contribution is 2.28. The van der Waals surface area contributed by atoms with E-state index in [1.807, 2.05) is 25.1 Å². The zero-order valence-corrected chi connectivity index (χ0v) is 17.3. The first-order valence-electron chi connectivity index (χ1n) is 9.62. The van der Waals surface area contributed by atoms with E-state index in [4.69, 9.17) is 9.47 Å². The van der Waals surface area contributed by atoms with Crippen LogP contribution < -0.4 is 4.74 Å². The molecule has 0 amide bonds. The number of hydrogen-bond donors (Lipinski definition) is 0. The topological polar surface area (TPSA) is 65.5 Å². The van der Waals surface area contributed by atoms with Gasteiger partial charge >= 0.3 is 0 Å². The second-order valence-corrected chi connectivity index (χ2v) is 9.56. The maximum atomic E-state index is 13.1. The lowest BCUT2D eigenvalue weighted by molar-refractivity contribution is 0.00935. The van der Waals surface area contributed by atoms with Crippen LogP contribution in [-0.2, 0) is 14.6 Å². The maximum absolute atomic E-state index is 13.1. The number of hydrogen-bond acceptors (Lipinski definition) is 5. The number of halogens is 1. The van der Waals surface area contributed by atoms with Gasteiger partial charge in [0.15, 0.2) is 9.84 Å². The molecule has 1 saturated heterocycles. The Kier molecular flexibility index (Phi) is 7.03. The molecule has 5 nitrogen and oxygen atoms in total. The molecular formula is C22H26FNO4S. The van der Waals surface area contributed by atoms with Crippen LogP contribution in [0.4, 0.5) is 4.39 Å². The van der Waals surface area contributed by atoms with E-state index in [-0.39, 0.29) is 29.2 Å². The first kappa shape index (κ1) is 21.5. The number of nitrogens with zero attached hydrogens (tertiary/aromatic N) is 1. The summed E-state index contributed by atoms with van der Waals surface area (Å²) in [4.78, 5) is 4.10. The Morgan fingerprint density at radius 2 is 2.14 bits per heavy atom. The SMILES string of the molecule is C=CCS(=O)(=O)C[C@H]1COCC[C@@H]1COc1ccc(-c2ccc(F)cn2)cc1C. The Morgan fingerprint density at radius 1 is 1.31 bits per heavy atom. The fourth-order valence-corrected chi connectivity index (χ4v) is 5.05. The molecule has 1 aromatic carbocycles. The lowest BCUT2D eigenvalue weighted by Crippen LogP contribution is -2.36. The molecule has 1 aliphatic heterocycles. The average Bonchev–Trinajstić information content (AvgIpc) is 2.68. The minimum absolute atomic E-state index is 0.0188. The van der Waals surface area contributed by atoms with Gasteiger partial charge in [-0.25, -0.2) is 12.8 Å². The Balaban J connectivity index is 1.66. The number of aromatic nitrogens is 1. The molecule has 1 fully saturated rings. The minimum Gasteiger partial charge on any atom is -0.493 e. The fourth-order valence-electron chi connectivity index (χ4n) is 3.53. The van der Waals surface area contributed by atoms with Gasteiger partial charge in [0.2, 0.25) is 0 Å². The van der Waals surface area contributed by atoms with Crippen LogP contribution in [0.15, 0.2) is 49.2 Å². The average molecular weight is 420 g/mol. The van der Waals surface area contributed by atoms with Gasteiger partial charge in [0.05, 0.1) is 36.6 Å². The second-order valence-electron chi connectivity index (χ2n) is 7.40. The summed E-state index contributed by atoms with van der Waals surface area (Å²) in [6, 6.07) is 8.73. The lowest BCUT2D eigenvalue weighted by atomic mass is 9.90. The van der Waals surface area contributed by atoms with Gasteiger partial charge in [-0.15, -0.1) is 6.58 Å². The van der Waals surface area contributed by atoms with Crippen LogP contribution in [0.5, 0.6) is 5.75 Å². The van der Waals surface area contributed by atoms with Gasteiger partial charge in [-0.2, -0.15) is 0 Å². The van der Waals surface area contributed by atoms with Crippen molar-refractivity contribution in [2.45, 2.75) is 13.3 Å². The zero-order valence-electron chi connectivity index (χ0n) is 16.5. The first-order valence-corrected chi connectivity index (χ1v) is 11.4. The summed E-state index contributed by atoms with van der Waals surface area (Å²) >= 11 is 0. The summed E-state index contributed by atoms with van der Waals surface area (Å²) in [7, 11) is -3.18. The van der Waals surface area contributed by atoms with E-state index in [9.17, 15) is 12.8 Å². The summed E-state index contributed by atoms with van der Waals surface area (Å²) in [5.41, 5.74) is 2.52. The summed E-state index contributed by atoms with van der Waals surface area (Å²) in [6.07, 6.45) is 3.39. The molecule has 7 heteroatoms. The first-order chi connectivity index (χ1) is 13.9. The van der Waals surface area contributed by atoms with Gasteiger partial charge in [-0.05, 0) is 49.2 Å². The van der Waals surface area contributed by atoms with Crippen LogP contribution >= 0.6 is 0 Å². The number of benzene rings is 1. The highest BCUT2D eigenvalue weighted by atomic mass is 32.2. The third kappa shape index (κ3) is 5.87. The van der Waals surface area contributed by atoms with Crippen molar-refractivity contribution < 1.29 is 22.3 Å². The standard InChI is InChI=1S/C22H26FNO4S/c1-3-10-29(25,26)15-19-13-27-9-8-18(19)14-28-22-7-4-17(11-16(22)2)21-6-5-20(23)12-24-21/h3-7,11-12,18-19H,1,8-10,13-15H2,2H3/t18-,19-/m1/s1. The Hall–Kier alpha value is -2.25. The fraction of sp³-hybridized carbons (Fsp3) is 0.409. The van der Waals surface area contributed by atoms with Gasteiger partial charge in [0.25, 0.3) is 0 Å². The molecule has 29 heavy (non-hydrogen) atoms. The van der Waals surface area contributed by atoms with E-state index in [2.05, 4.69) is 11.6 Å². The van der Waals surface area contributed by atoms with Crippen molar-refractivity contribution in [2.24, 2.45) is 11.8 Å². The molecule has 0 saturated carbocycles. The zero-order chi connectivity index (χ0) is 20.9. The van der Waals surface area contributed by atoms with Crippen molar-refractivity contribution in [3.8, 4) is 17.0 Å². The number of sulfone groups is 1. The second kappa shape index (κ2) is 9.50. The third-order valence-electron chi connectivity index (χ3n) is 5.12. The Morgan fingerprint density at radius 3 is 2.83 bits per heavy atom. The summed E-state index contributed by atoms with van der Waals surface area (Å²) in [5, 5.41) is 0. The Bertz CT molecular complexity index is 944. The van der Waals surface area contributed by atoms with Crippen LogP contribution in [0.2, 0.25) is 0 Å². The normalized spacial score (nSPS) is 19.7. The van der Waals surface area contributed by atoms with Gasteiger partial charge < -0.3 is 9.47 Å².